The lowest BCUT2D eigenvalue weighted by Crippen LogP contribution is -2.41. The highest BCUT2D eigenvalue weighted by molar-refractivity contribution is 6.00. The maximum atomic E-state index is 12.6. The summed E-state index contributed by atoms with van der Waals surface area (Å²) in [5.74, 6) is 1.86. The summed E-state index contributed by atoms with van der Waals surface area (Å²) in [6, 6.07) is 14.1. The van der Waals surface area contributed by atoms with Crippen molar-refractivity contribution in [3.8, 4) is 17.2 Å². The Morgan fingerprint density at radius 2 is 1.74 bits per heavy atom. The summed E-state index contributed by atoms with van der Waals surface area (Å²) < 4.78 is 17.2. The first-order valence-electron chi connectivity index (χ1n) is 12.5. The van der Waals surface area contributed by atoms with Gasteiger partial charge in [-0.15, -0.1) is 0 Å². The van der Waals surface area contributed by atoms with E-state index in [2.05, 4.69) is 39.8 Å². The number of carbonyl (C=O) groups is 2. The van der Waals surface area contributed by atoms with Gasteiger partial charge in [-0.2, -0.15) is 0 Å². The van der Waals surface area contributed by atoms with Gasteiger partial charge in [0, 0.05) is 61.0 Å². The monoisotopic (exact) mass is 517 g/mol. The summed E-state index contributed by atoms with van der Waals surface area (Å²) in [4.78, 5) is 31.6. The van der Waals surface area contributed by atoms with Gasteiger partial charge in [-0.05, 0) is 55.1 Å². The van der Waals surface area contributed by atoms with E-state index in [-0.39, 0.29) is 31.1 Å². The number of amides is 3. The molecule has 0 aliphatic carbocycles. The van der Waals surface area contributed by atoms with E-state index in [4.69, 9.17) is 14.2 Å². The van der Waals surface area contributed by atoms with Crippen LogP contribution in [-0.2, 0) is 17.8 Å². The second-order valence-corrected chi connectivity index (χ2v) is 9.64. The van der Waals surface area contributed by atoms with Crippen molar-refractivity contribution < 1.29 is 23.8 Å². The first-order valence-corrected chi connectivity index (χ1v) is 12.5. The molecule has 0 bridgehead atoms. The maximum absolute atomic E-state index is 12.6. The molecule has 0 fully saturated rings. The minimum Gasteiger partial charge on any atom is -0.488 e. The van der Waals surface area contributed by atoms with Gasteiger partial charge in [0.1, 0.15) is 11.9 Å². The maximum Gasteiger partial charge on any atom is 0.323 e. The zero-order chi connectivity index (χ0) is 26.5. The molecular weight excluding hydrogens is 486 g/mol. The summed E-state index contributed by atoms with van der Waals surface area (Å²) in [5.41, 5.74) is 3.00. The third kappa shape index (κ3) is 6.33. The zero-order valence-corrected chi connectivity index (χ0v) is 21.4. The van der Waals surface area contributed by atoms with Gasteiger partial charge in [-0.1, -0.05) is 6.92 Å². The number of ether oxygens (including phenoxy) is 3. The highest BCUT2D eigenvalue weighted by Crippen LogP contribution is 2.34. The summed E-state index contributed by atoms with van der Waals surface area (Å²) in [6.45, 7) is 4.19. The molecule has 0 saturated carbocycles. The molecule has 198 valence electrons. The molecule has 3 N–H and O–H groups in total. The molecule has 1 aromatic heterocycles. The number of carbonyl (C=O) groups excluding carboxylic acids is 2. The molecule has 2 aliphatic rings. The summed E-state index contributed by atoms with van der Waals surface area (Å²) in [6.07, 6.45) is 3.58. The second kappa shape index (κ2) is 11.4. The van der Waals surface area contributed by atoms with Crippen molar-refractivity contribution in [1.82, 2.24) is 15.2 Å². The molecule has 0 saturated heterocycles. The van der Waals surface area contributed by atoms with Gasteiger partial charge in [0.2, 0.25) is 12.7 Å². The van der Waals surface area contributed by atoms with Crippen molar-refractivity contribution in [2.45, 2.75) is 26.0 Å². The van der Waals surface area contributed by atoms with Gasteiger partial charge in [-0.3, -0.25) is 14.7 Å². The van der Waals surface area contributed by atoms with E-state index in [0.29, 0.717) is 47.3 Å². The summed E-state index contributed by atoms with van der Waals surface area (Å²) in [7, 11) is 2.05. The Morgan fingerprint density at radius 3 is 2.53 bits per heavy atom. The molecule has 10 nitrogen and oxygen atoms in total. The molecule has 3 heterocycles. The molecule has 5 rings (SSSR count). The normalized spacial score (nSPS) is 18.3. The Hall–Kier alpha value is -4.31. The Balaban J connectivity index is 1.27. The smallest absolute Gasteiger partial charge is 0.323 e. The Labute approximate surface area is 221 Å². The quantitative estimate of drug-likeness (QED) is 0.457. The molecule has 10 heteroatoms. The van der Waals surface area contributed by atoms with Gasteiger partial charge in [0.05, 0.1) is 6.42 Å². The summed E-state index contributed by atoms with van der Waals surface area (Å²) in [5, 5.41) is 8.64. The Kier molecular flexibility index (Phi) is 7.60. The van der Waals surface area contributed by atoms with Gasteiger partial charge in [0.25, 0.3) is 0 Å². The lowest BCUT2D eigenvalue weighted by atomic mass is 10.0. The van der Waals surface area contributed by atoms with Crippen molar-refractivity contribution in [1.29, 1.82) is 0 Å². The highest BCUT2D eigenvalue weighted by Gasteiger charge is 2.25. The third-order valence-electron chi connectivity index (χ3n) is 6.53. The molecule has 2 aromatic carbocycles. The number of likely N-dealkylation sites (N-methyl/N-ethyl adjacent to an activating group) is 1. The predicted molar refractivity (Wildman–Crippen MR) is 143 cm³/mol. The van der Waals surface area contributed by atoms with E-state index in [1.54, 1.807) is 42.7 Å². The van der Waals surface area contributed by atoms with Crippen LogP contribution in [0.5, 0.6) is 17.2 Å². The lowest BCUT2D eigenvalue weighted by molar-refractivity contribution is -0.120. The fourth-order valence-corrected chi connectivity index (χ4v) is 4.49. The number of pyridine rings is 1. The number of hydrogen-bond acceptors (Lipinski definition) is 7. The average Bonchev–Trinajstić information content (AvgIpc) is 3.37. The molecule has 3 aromatic rings. The van der Waals surface area contributed by atoms with Crippen molar-refractivity contribution >= 4 is 23.3 Å². The molecule has 2 aliphatic heterocycles. The lowest BCUT2D eigenvalue weighted by Gasteiger charge is -2.29. The van der Waals surface area contributed by atoms with Crippen molar-refractivity contribution in [2.75, 3.05) is 37.6 Å². The fourth-order valence-electron chi connectivity index (χ4n) is 4.49. The number of fused-ring (bicyclic) bond motifs is 2. The molecule has 2 atom stereocenters. The number of benzene rings is 2. The van der Waals surface area contributed by atoms with Crippen LogP contribution in [0.25, 0.3) is 0 Å². The van der Waals surface area contributed by atoms with E-state index in [1.807, 2.05) is 18.2 Å². The van der Waals surface area contributed by atoms with E-state index >= 15 is 0 Å². The van der Waals surface area contributed by atoms with E-state index in [0.717, 1.165) is 6.54 Å². The minimum atomic E-state index is -0.415. The topological polar surface area (TPSA) is 114 Å². The number of rotatable bonds is 6. The molecule has 0 unspecified atom stereocenters. The van der Waals surface area contributed by atoms with Crippen LogP contribution in [-0.4, -0.2) is 54.9 Å². The average molecular weight is 518 g/mol. The van der Waals surface area contributed by atoms with Crippen LogP contribution in [0.2, 0.25) is 0 Å². The second-order valence-electron chi connectivity index (χ2n) is 9.64. The number of nitrogens with zero attached hydrogens (tertiary/aromatic N) is 2. The van der Waals surface area contributed by atoms with Crippen LogP contribution >= 0.6 is 0 Å². The number of nitrogens with one attached hydrogen (secondary N) is 3. The zero-order valence-electron chi connectivity index (χ0n) is 21.4. The number of anilines is 2. The third-order valence-corrected chi connectivity index (χ3v) is 6.53. The van der Waals surface area contributed by atoms with Gasteiger partial charge < -0.3 is 30.2 Å². The van der Waals surface area contributed by atoms with Gasteiger partial charge >= 0.3 is 6.03 Å². The molecule has 0 spiro atoms. The van der Waals surface area contributed by atoms with E-state index in [1.165, 1.54) is 5.56 Å². The van der Waals surface area contributed by atoms with Crippen LogP contribution in [0.15, 0.2) is 60.9 Å². The fraction of sp³-hybridized carbons (Fsp3) is 0.321. The number of aromatic nitrogens is 1. The van der Waals surface area contributed by atoms with Crippen molar-refractivity contribution in [2.24, 2.45) is 5.92 Å². The van der Waals surface area contributed by atoms with Gasteiger partial charge in [-0.25, -0.2) is 4.79 Å². The van der Waals surface area contributed by atoms with Crippen LogP contribution in [0.1, 0.15) is 18.1 Å². The Bertz CT molecular complexity index is 1300. The largest absolute Gasteiger partial charge is 0.488 e. The molecule has 38 heavy (non-hydrogen) atoms. The van der Waals surface area contributed by atoms with Crippen LogP contribution in [0, 0.1) is 5.92 Å². The van der Waals surface area contributed by atoms with E-state index in [9.17, 15) is 9.59 Å². The predicted octanol–water partition coefficient (Wildman–Crippen LogP) is 3.64. The highest BCUT2D eigenvalue weighted by atomic mass is 16.7. The number of urea groups is 1. The molecular formula is C28H31N5O5. The first-order chi connectivity index (χ1) is 18.4. The van der Waals surface area contributed by atoms with Crippen molar-refractivity contribution in [3.05, 3.63) is 72.1 Å². The van der Waals surface area contributed by atoms with Crippen LogP contribution in [0.3, 0.4) is 0 Å². The minimum absolute atomic E-state index is 0.0885. The summed E-state index contributed by atoms with van der Waals surface area (Å²) >= 11 is 0. The van der Waals surface area contributed by atoms with Gasteiger partial charge in [0.15, 0.2) is 11.5 Å². The first kappa shape index (κ1) is 25.3. The number of hydrogen-bond donors (Lipinski definition) is 3. The molecule has 0 radical (unpaired) electrons. The SMILES string of the molecule is C[C@@H]1CNC(=O)Cc2cc(NC(=O)Nc3ccc4c(c3)OCO4)ccc2O[C@H]1CN(C)Cc1ccncc1. The standard InChI is InChI=1S/C28H31N5O5/c1-18-14-30-27(34)12-20-11-21(31-28(35)32-22-4-6-24-25(13-22)37-17-36-24)3-5-23(20)38-26(18)16-33(2)15-19-7-9-29-10-8-19/h3-11,13,18,26H,12,14-17H2,1-2H3,(H,30,34)(H2,31,32,35)/t18-,26+/m1/s1. The van der Waals surface area contributed by atoms with Crippen LogP contribution in [0.4, 0.5) is 16.2 Å². The Morgan fingerprint density at radius 1 is 1.03 bits per heavy atom. The van der Waals surface area contributed by atoms with Crippen molar-refractivity contribution in [3.63, 3.8) is 0 Å². The molecule has 3 amide bonds. The van der Waals surface area contributed by atoms with E-state index < -0.39 is 6.03 Å². The van der Waals surface area contributed by atoms with Crippen LogP contribution < -0.4 is 30.2 Å².